The molecule has 3 rings (SSSR count). The summed E-state index contributed by atoms with van der Waals surface area (Å²) >= 11 is 0. The Morgan fingerprint density at radius 3 is 2.14 bits per heavy atom. The first-order valence-electron chi connectivity index (χ1n) is 10.7. The van der Waals surface area contributed by atoms with Gasteiger partial charge in [0.15, 0.2) is 0 Å². The van der Waals surface area contributed by atoms with Crippen molar-refractivity contribution in [2.45, 2.75) is 51.7 Å². The molecule has 1 aliphatic carbocycles. The van der Waals surface area contributed by atoms with Gasteiger partial charge in [-0.2, -0.15) is 0 Å². The van der Waals surface area contributed by atoms with Gasteiger partial charge in [-0.3, -0.25) is 19.4 Å². The van der Waals surface area contributed by atoms with Crippen LogP contribution < -0.4 is 5.32 Å². The number of nitrogens with one attached hydrogen (secondary N) is 1. The topological polar surface area (TPSA) is 55.9 Å². The van der Waals surface area contributed by atoms with E-state index < -0.39 is 0 Å². The number of benzene rings is 1. The first kappa shape index (κ1) is 20.8. The summed E-state index contributed by atoms with van der Waals surface area (Å²) < 4.78 is 0. The van der Waals surface area contributed by atoms with Crippen LogP contribution in [0.4, 0.5) is 0 Å². The molecule has 0 aromatic heterocycles. The number of carbonyl (C=O) groups excluding carboxylic acids is 2. The predicted molar refractivity (Wildman–Crippen MR) is 111 cm³/mol. The van der Waals surface area contributed by atoms with E-state index in [1.54, 1.807) is 0 Å². The molecule has 2 aliphatic rings. The lowest BCUT2D eigenvalue weighted by Gasteiger charge is -2.41. The second kappa shape index (κ2) is 9.52. The van der Waals surface area contributed by atoms with Crippen LogP contribution in [0, 0.1) is 0 Å². The molecule has 1 aliphatic heterocycles. The Balaban J connectivity index is 1.67. The molecule has 1 aromatic carbocycles. The van der Waals surface area contributed by atoms with Crippen molar-refractivity contribution < 1.29 is 9.59 Å². The van der Waals surface area contributed by atoms with Crippen molar-refractivity contribution in [1.29, 1.82) is 0 Å². The zero-order valence-corrected chi connectivity index (χ0v) is 17.4. The van der Waals surface area contributed by atoms with Gasteiger partial charge >= 0.3 is 0 Å². The molecule has 6 heteroatoms. The number of amides is 2. The Kier molecular flexibility index (Phi) is 7.08. The van der Waals surface area contributed by atoms with Gasteiger partial charge in [0, 0.05) is 45.3 Å². The second-order valence-corrected chi connectivity index (χ2v) is 7.85. The fourth-order valence-electron chi connectivity index (χ4n) is 3.95. The van der Waals surface area contributed by atoms with Crippen molar-refractivity contribution in [3.63, 3.8) is 0 Å². The average molecular weight is 387 g/mol. The van der Waals surface area contributed by atoms with E-state index in [2.05, 4.69) is 15.1 Å². The highest BCUT2D eigenvalue weighted by molar-refractivity contribution is 5.83. The van der Waals surface area contributed by atoms with Gasteiger partial charge in [0.1, 0.15) is 6.04 Å². The minimum absolute atomic E-state index is 0.114. The third-order valence-electron chi connectivity index (χ3n) is 5.99. The Morgan fingerprint density at radius 2 is 1.61 bits per heavy atom. The summed E-state index contributed by atoms with van der Waals surface area (Å²) in [6.45, 7) is 10.7. The molecule has 1 saturated heterocycles. The second-order valence-electron chi connectivity index (χ2n) is 7.85. The van der Waals surface area contributed by atoms with E-state index in [0.29, 0.717) is 6.04 Å². The SMILES string of the molecule is CCN(CC)C(=O)C(c1ccccc1)N1CCN(C(C)C(=O)NC2CC2)CC1. The van der Waals surface area contributed by atoms with Crippen LogP contribution in [0.5, 0.6) is 0 Å². The highest BCUT2D eigenvalue weighted by Gasteiger charge is 2.35. The monoisotopic (exact) mass is 386 g/mol. The van der Waals surface area contributed by atoms with Crippen molar-refractivity contribution in [2.24, 2.45) is 0 Å². The lowest BCUT2D eigenvalue weighted by molar-refractivity contribution is -0.138. The number of piperazine rings is 1. The molecule has 28 heavy (non-hydrogen) atoms. The van der Waals surface area contributed by atoms with Crippen LogP contribution in [-0.2, 0) is 9.59 Å². The first-order valence-corrected chi connectivity index (χ1v) is 10.7. The van der Waals surface area contributed by atoms with E-state index in [1.165, 1.54) is 0 Å². The maximum atomic E-state index is 13.3. The van der Waals surface area contributed by atoms with Gasteiger partial charge < -0.3 is 10.2 Å². The molecule has 1 N–H and O–H groups in total. The van der Waals surface area contributed by atoms with Crippen LogP contribution in [-0.4, -0.2) is 77.9 Å². The predicted octanol–water partition coefficient (Wildman–Crippen LogP) is 1.88. The number of nitrogens with zero attached hydrogens (tertiary/aromatic N) is 3. The third-order valence-corrected chi connectivity index (χ3v) is 5.99. The van der Waals surface area contributed by atoms with E-state index in [0.717, 1.165) is 57.7 Å². The first-order chi connectivity index (χ1) is 13.5. The highest BCUT2D eigenvalue weighted by Crippen LogP contribution is 2.25. The molecule has 1 saturated carbocycles. The molecule has 154 valence electrons. The van der Waals surface area contributed by atoms with Crippen molar-refractivity contribution >= 4 is 11.8 Å². The van der Waals surface area contributed by atoms with Crippen LogP contribution in [0.15, 0.2) is 30.3 Å². The summed E-state index contributed by atoms with van der Waals surface area (Å²) in [4.78, 5) is 32.1. The van der Waals surface area contributed by atoms with Gasteiger partial charge in [-0.25, -0.2) is 0 Å². The smallest absolute Gasteiger partial charge is 0.244 e. The zero-order chi connectivity index (χ0) is 20.1. The minimum atomic E-state index is -0.251. The Bertz CT molecular complexity index is 650. The van der Waals surface area contributed by atoms with E-state index in [9.17, 15) is 9.59 Å². The Labute approximate surface area is 168 Å². The van der Waals surface area contributed by atoms with E-state index in [1.807, 2.05) is 56.0 Å². The standard InChI is InChI=1S/C22H34N4O2/c1-4-24(5-2)22(28)20(18-9-7-6-8-10-18)26-15-13-25(14-16-26)17(3)21(27)23-19-11-12-19/h6-10,17,19-20H,4-5,11-16H2,1-3H3,(H,23,27). The lowest BCUT2D eigenvalue weighted by atomic mass is 10.0. The van der Waals surface area contributed by atoms with Crippen LogP contribution >= 0.6 is 0 Å². The number of hydrogen-bond acceptors (Lipinski definition) is 4. The highest BCUT2D eigenvalue weighted by atomic mass is 16.2. The lowest BCUT2D eigenvalue weighted by Crippen LogP contribution is -2.56. The molecular formula is C22H34N4O2. The van der Waals surface area contributed by atoms with E-state index in [4.69, 9.17) is 0 Å². The molecule has 6 nitrogen and oxygen atoms in total. The van der Waals surface area contributed by atoms with Crippen LogP contribution in [0.25, 0.3) is 0 Å². The molecule has 0 radical (unpaired) electrons. The van der Waals surface area contributed by atoms with Gasteiger partial charge in [-0.15, -0.1) is 0 Å². The van der Waals surface area contributed by atoms with Gasteiger partial charge in [-0.05, 0) is 39.2 Å². The molecule has 2 amide bonds. The fraction of sp³-hybridized carbons (Fsp3) is 0.636. The maximum absolute atomic E-state index is 13.3. The van der Waals surface area contributed by atoms with Gasteiger partial charge in [0.25, 0.3) is 0 Å². The minimum Gasteiger partial charge on any atom is -0.352 e. The molecule has 1 aromatic rings. The Morgan fingerprint density at radius 1 is 1.04 bits per heavy atom. The summed E-state index contributed by atoms with van der Waals surface area (Å²) in [7, 11) is 0. The van der Waals surface area contributed by atoms with Crippen LogP contribution in [0.2, 0.25) is 0 Å². The number of hydrogen-bond donors (Lipinski definition) is 1. The van der Waals surface area contributed by atoms with Gasteiger partial charge in [-0.1, -0.05) is 30.3 Å². The van der Waals surface area contributed by atoms with E-state index in [-0.39, 0.29) is 23.9 Å². The van der Waals surface area contributed by atoms with E-state index >= 15 is 0 Å². The number of carbonyl (C=O) groups is 2. The molecule has 2 fully saturated rings. The summed E-state index contributed by atoms with van der Waals surface area (Å²) in [6.07, 6.45) is 2.22. The Hall–Kier alpha value is -1.92. The van der Waals surface area contributed by atoms with Crippen molar-refractivity contribution in [2.75, 3.05) is 39.3 Å². The molecular weight excluding hydrogens is 352 g/mol. The third kappa shape index (κ3) is 4.92. The summed E-state index contributed by atoms with van der Waals surface area (Å²) in [6, 6.07) is 10.1. The maximum Gasteiger partial charge on any atom is 0.244 e. The fourth-order valence-corrected chi connectivity index (χ4v) is 3.95. The number of rotatable bonds is 8. The summed E-state index contributed by atoms with van der Waals surface area (Å²) in [5.41, 5.74) is 1.05. The normalized spacial score (nSPS) is 20.4. The summed E-state index contributed by atoms with van der Waals surface area (Å²) in [5, 5.41) is 3.10. The quantitative estimate of drug-likeness (QED) is 0.741. The molecule has 2 atom stereocenters. The molecule has 0 spiro atoms. The number of likely N-dealkylation sites (N-methyl/N-ethyl adjacent to an activating group) is 1. The molecule has 2 unspecified atom stereocenters. The van der Waals surface area contributed by atoms with Gasteiger partial charge in [0.05, 0.1) is 6.04 Å². The molecule has 1 heterocycles. The molecule has 0 bridgehead atoms. The zero-order valence-electron chi connectivity index (χ0n) is 17.4. The van der Waals surface area contributed by atoms with Crippen LogP contribution in [0.3, 0.4) is 0 Å². The largest absolute Gasteiger partial charge is 0.352 e. The van der Waals surface area contributed by atoms with Crippen molar-refractivity contribution in [3.05, 3.63) is 35.9 Å². The van der Waals surface area contributed by atoms with Crippen molar-refractivity contribution in [1.82, 2.24) is 20.0 Å². The van der Waals surface area contributed by atoms with Crippen LogP contribution in [0.1, 0.15) is 45.2 Å². The van der Waals surface area contributed by atoms with Crippen molar-refractivity contribution in [3.8, 4) is 0 Å². The van der Waals surface area contributed by atoms with Gasteiger partial charge in [0.2, 0.25) is 11.8 Å². The summed E-state index contributed by atoms with van der Waals surface area (Å²) in [5.74, 6) is 0.305. The average Bonchev–Trinajstić information content (AvgIpc) is 3.54.